The van der Waals surface area contributed by atoms with Crippen LogP contribution in [0.4, 0.5) is 5.69 Å². The third kappa shape index (κ3) is 3.90. The minimum atomic E-state index is -0.279. The van der Waals surface area contributed by atoms with Gasteiger partial charge in [-0.2, -0.15) is 0 Å². The normalized spacial score (nSPS) is 15.1. The molecule has 144 valence electrons. The van der Waals surface area contributed by atoms with E-state index >= 15 is 0 Å². The van der Waals surface area contributed by atoms with Crippen molar-refractivity contribution in [1.82, 2.24) is 0 Å². The number of halogens is 2. The molecule has 3 aromatic carbocycles. The zero-order chi connectivity index (χ0) is 20.5. The average molecular weight is 423 g/mol. The number of amides is 1. The number of anilines is 1. The van der Waals surface area contributed by atoms with Crippen LogP contribution in [0.25, 0.3) is 6.08 Å². The molecule has 0 fully saturated rings. The molecule has 6 heteroatoms. The number of amidine groups is 1. The van der Waals surface area contributed by atoms with E-state index in [0.717, 1.165) is 11.1 Å². The van der Waals surface area contributed by atoms with Crippen molar-refractivity contribution in [3.05, 3.63) is 99.2 Å². The van der Waals surface area contributed by atoms with Gasteiger partial charge in [-0.25, -0.2) is 4.99 Å². The number of carbonyl (C=O) groups is 1. The predicted octanol–water partition coefficient (Wildman–Crippen LogP) is 5.84. The van der Waals surface area contributed by atoms with E-state index in [9.17, 15) is 9.90 Å². The first-order chi connectivity index (χ1) is 13.9. The molecule has 0 saturated heterocycles. The van der Waals surface area contributed by atoms with E-state index in [0.29, 0.717) is 27.1 Å². The number of rotatable bonds is 3. The lowest BCUT2D eigenvalue weighted by Crippen LogP contribution is -2.32. The number of aromatic hydroxyl groups is 1. The molecular formula is C23H16Cl2N2O2. The van der Waals surface area contributed by atoms with Gasteiger partial charge < -0.3 is 5.11 Å². The van der Waals surface area contributed by atoms with Crippen molar-refractivity contribution in [1.29, 1.82) is 0 Å². The van der Waals surface area contributed by atoms with Crippen LogP contribution in [0.3, 0.4) is 0 Å². The molecule has 1 aliphatic heterocycles. The molecule has 1 aliphatic rings. The quantitative estimate of drug-likeness (QED) is 0.538. The largest absolute Gasteiger partial charge is 0.508 e. The third-order valence-electron chi connectivity index (χ3n) is 4.50. The van der Waals surface area contributed by atoms with Gasteiger partial charge in [0.25, 0.3) is 5.91 Å². The van der Waals surface area contributed by atoms with Gasteiger partial charge in [0.2, 0.25) is 0 Å². The molecule has 1 N–H and O–H groups in total. The van der Waals surface area contributed by atoms with Gasteiger partial charge in [-0.15, -0.1) is 0 Å². The Bertz CT molecular complexity index is 1170. The van der Waals surface area contributed by atoms with E-state index in [-0.39, 0.29) is 17.4 Å². The minimum Gasteiger partial charge on any atom is -0.508 e. The molecule has 1 amide bonds. The highest BCUT2D eigenvalue weighted by Crippen LogP contribution is 2.31. The monoisotopic (exact) mass is 422 g/mol. The maximum absolute atomic E-state index is 13.3. The summed E-state index contributed by atoms with van der Waals surface area (Å²) in [7, 11) is 0. The van der Waals surface area contributed by atoms with Gasteiger partial charge in [0.15, 0.2) is 0 Å². The molecule has 0 saturated carbocycles. The summed E-state index contributed by atoms with van der Waals surface area (Å²) in [5.74, 6) is 0.358. The second-order valence-electron chi connectivity index (χ2n) is 6.66. The van der Waals surface area contributed by atoms with E-state index in [1.807, 2.05) is 31.2 Å². The summed E-state index contributed by atoms with van der Waals surface area (Å²) in [4.78, 5) is 19.4. The Kier molecular flexibility index (Phi) is 5.14. The van der Waals surface area contributed by atoms with Crippen LogP contribution in [0.5, 0.6) is 5.75 Å². The van der Waals surface area contributed by atoms with Gasteiger partial charge in [-0.05, 0) is 61.0 Å². The second kappa shape index (κ2) is 7.74. The van der Waals surface area contributed by atoms with Crippen molar-refractivity contribution < 1.29 is 9.90 Å². The third-order valence-corrected chi connectivity index (χ3v) is 5.06. The number of aryl methyl sites for hydroxylation is 1. The number of phenolic OH excluding ortho intramolecular Hbond substituents is 1. The lowest BCUT2D eigenvalue weighted by atomic mass is 10.1. The average Bonchev–Trinajstić information content (AvgIpc) is 3.01. The Hall–Kier alpha value is -3.08. The Labute approximate surface area is 178 Å². The molecule has 3 aromatic rings. The van der Waals surface area contributed by atoms with E-state index < -0.39 is 0 Å². The van der Waals surface area contributed by atoms with Crippen molar-refractivity contribution in [3.63, 3.8) is 0 Å². The van der Waals surface area contributed by atoms with Gasteiger partial charge in [0.05, 0.1) is 5.69 Å². The van der Waals surface area contributed by atoms with Gasteiger partial charge in [-0.1, -0.05) is 53.0 Å². The lowest BCUT2D eigenvalue weighted by Gasteiger charge is -2.18. The summed E-state index contributed by atoms with van der Waals surface area (Å²) in [5.41, 5.74) is 3.40. The summed E-state index contributed by atoms with van der Waals surface area (Å²) in [6.07, 6.45) is 1.65. The summed E-state index contributed by atoms with van der Waals surface area (Å²) in [6, 6.07) is 19.3. The first-order valence-corrected chi connectivity index (χ1v) is 9.64. The van der Waals surface area contributed by atoms with Gasteiger partial charge in [0, 0.05) is 15.6 Å². The Morgan fingerprint density at radius 3 is 2.45 bits per heavy atom. The smallest absolute Gasteiger partial charge is 0.282 e. The van der Waals surface area contributed by atoms with Crippen LogP contribution in [-0.4, -0.2) is 16.8 Å². The highest BCUT2D eigenvalue weighted by atomic mass is 35.5. The molecule has 0 unspecified atom stereocenters. The first-order valence-electron chi connectivity index (χ1n) is 8.88. The van der Waals surface area contributed by atoms with Crippen LogP contribution in [0, 0.1) is 6.92 Å². The van der Waals surface area contributed by atoms with Crippen LogP contribution in [-0.2, 0) is 4.79 Å². The molecule has 0 spiro atoms. The number of nitrogens with zero attached hydrogens (tertiary/aromatic N) is 2. The Morgan fingerprint density at radius 2 is 1.76 bits per heavy atom. The maximum atomic E-state index is 13.3. The highest BCUT2D eigenvalue weighted by molar-refractivity contribution is 6.36. The fourth-order valence-electron chi connectivity index (χ4n) is 3.10. The summed E-state index contributed by atoms with van der Waals surface area (Å²) in [5, 5.41) is 10.6. The van der Waals surface area contributed by atoms with Gasteiger partial charge in [0.1, 0.15) is 17.3 Å². The molecular weight excluding hydrogens is 407 g/mol. The van der Waals surface area contributed by atoms with Crippen molar-refractivity contribution in [3.8, 4) is 5.75 Å². The number of hydrogen-bond acceptors (Lipinski definition) is 3. The fraction of sp³-hybridized carbons (Fsp3) is 0.0435. The summed E-state index contributed by atoms with van der Waals surface area (Å²) in [6.45, 7) is 1.98. The molecule has 0 radical (unpaired) electrons. The molecule has 1 heterocycles. The second-order valence-corrected chi connectivity index (χ2v) is 7.50. The van der Waals surface area contributed by atoms with Crippen molar-refractivity contribution in [2.75, 3.05) is 4.90 Å². The number of carbonyl (C=O) groups excluding carboxylic acids is 1. The predicted molar refractivity (Wildman–Crippen MR) is 118 cm³/mol. The van der Waals surface area contributed by atoms with Crippen molar-refractivity contribution in [2.45, 2.75) is 6.92 Å². The van der Waals surface area contributed by atoms with Crippen LogP contribution >= 0.6 is 23.2 Å². The molecule has 4 nitrogen and oxygen atoms in total. The topological polar surface area (TPSA) is 52.9 Å². The van der Waals surface area contributed by atoms with E-state index in [1.54, 1.807) is 36.4 Å². The molecule has 4 rings (SSSR count). The summed E-state index contributed by atoms with van der Waals surface area (Å²) < 4.78 is 0. The van der Waals surface area contributed by atoms with Gasteiger partial charge >= 0.3 is 0 Å². The Morgan fingerprint density at radius 1 is 1.00 bits per heavy atom. The minimum absolute atomic E-state index is 0.123. The van der Waals surface area contributed by atoms with Crippen molar-refractivity contribution in [2.24, 2.45) is 4.99 Å². The van der Waals surface area contributed by atoms with Crippen LogP contribution in [0.1, 0.15) is 16.7 Å². The lowest BCUT2D eigenvalue weighted by molar-refractivity contribution is -0.113. The fourth-order valence-corrected chi connectivity index (χ4v) is 3.56. The molecule has 0 aliphatic carbocycles. The van der Waals surface area contributed by atoms with Crippen molar-refractivity contribution >= 4 is 46.7 Å². The van der Waals surface area contributed by atoms with Crippen LogP contribution in [0.15, 0.2) is 77.4 Å². The highest BCUT2D eigenvalue weighted by Gasteiger charge is 2.32. The number of hydrogen-bond donors (Lipinski definition) is 1. The first kappa shape index (κ1) is 19.2. The van der Waals surface area contributed by atoms with Gasteiger partial charge in [-0.3, -0.25) is 9.69 Å². The molecule has 0 aromatic heterocycles. The molecule has 0 atom stereocenters. The number of aliphatic imine (C=N–C) groups is 1. The zero-order valence-corrected chi connectivity index (χ0v) is 16.9. The maximum Gasteiger partial charge on any atom is 0.282 e. The standard InChI is InChI=1S/C23H16Cl2N2O2/c1-14-3-2-4-16(11-14)22-26-21(12-15-5-6-17(24)13-20(15)25)23(29)27(22)18-7-9-19(28)10-8-18/h2-13,28H,1H3/b21-12+. The zero-order valence-electron chi connectivity index (χ0n) is 15.4. The van der Waals surface area contributed by atoms with E-state index in [2.05, 4.69) is 4.99 Å². The summed E-state index contributed by atoms with van der Waals surface area (Å²) >= 11 is 12.2. The number of benzene rings is 3. The molecule has 0 bridgehead atoms. The number of phenols is 1. The molecule has 29 heavy (non-hydrogen) atoms. The van der Waals surface area contributed by atoms with Crippen LogP contribution in [0.2, 0.25) is 10.0 Å². The van der Waals surface area contributed by atoms with E-state index in [1.165, 1.54) is 17.0 Å². The Balaban J connectivity index is 1.84. The van der Waals surface area contributed by atoms with Crippen LogP contribution < -0.4 is 4.90 Å². The SMILES string of the molecule is Cc1cccc(C2=N/C(=C/c3ccc(Cl)cc3Cl)C(=O)N2c2ccc(O)cc2)c1. The van der Waals surface area contributed by atoms with E-state index in [4.69, 9.17) is 23.2 Å².